The second-order valence-electron chi connectivity index (χ2n) is 3.32. The van der Waals surface area contributed by atoms with Crippen molar-refractivity contribution in [3.05, 3.63) is 54.6 Å². The van der Waals surface area contributed by atoms with Gasteiger partial charge in [-0.2, -0.15) is 0 Å². The standard InChI is InChI=1S/C13H14N2O/c1-16-13-10-6-5-9-12(13)15-14-11-7-3-2-4-8-11/h2-10,14-15H,1H3. The number of hydrazine groups is 1. The molecule has 3 heteroatoms. The van der Waals surface area contributed by atoms with Crippen LogP contribution < -0.4 is 15.6 Å². The summed E-state index contributed by atoms with van der Waals surface area (Å²) in [6, 6.07) is 17.7. The molecule has 2 rings (SSSR count). The summed E-state index contributed by atoms with van der Waals surface area (Å²) in [5.41, 5.74) is 8.13. The van der Waals surface area contributed by atoms with Gasteiger partial charge in [0.25, 0.3) is 0 Å². The molecule has 0 fully saturated rings. The van der Waals surface area contributed by atoms with Gasteiger partial charge >= 0.3 is 0 Å². The zero-order chi connectivity index (χ0) is 11.2. The molecule has 2 aromatic carbocycles. The predicted octanol–water partition coefficient (Wildman–Crippen LogP) is 3.13. The maximum Gasteiger partial charge on any atom is 0.143 e. The van der Waals surface area contributed by atoms with Crippen LogP contribution in [0.15, 0.2) is 54.6 Å². The minimum absolute atomic E-state index is 0.811. The van der Waals surface area contributed by atoms with Gasteiger partial charge in [0.15, 0.2) is 0 Å². The van der Waals surface area contributed by atoms with Crippen LogP contribution in [-0.2, 0) is 0 Å². The number of para-hydroxylation sites is 3. The highest BCUT2D eigenvalue weighted by Gasteiger charge is 1.99. The Morgan fingerprint density at radius 3 is 2.25 bits per heavy atom. The van der Waals surface area contributed by atoms with Crippen molar-refractivity contribution in [3.8, 4) is 5.75 Å². The lowest BCUT2D eigenvalue weighted by Crippen LogP contribution is -2.09. The van der Waals surface area contributed by atoms with Crippen molar-refractivity contribution in [2.45, 2.75) is 0 Å². The van der Waals surface area contributed by atoms with Gasteiger partial charge in [0.1, 0.15) is 5.75 Å². The van der Waals surface area contributed by atoms with Crippen molar-refractivity contribution in [2.75, 3.05) is 18.0 Å². The molecular formula is C13H14N2O. The quantitative estimate of drug-likeness (QED) is 0.767. The molecule has 0 unspecified atom stereocenters. The Morgan fingerprint density at radius 2 is 1.50 bits per heavy atom. The maximum atomic E-state index is 5.23. The van der Waals surface area contributed by atoms with Gasteiger partial charge < -0.3 is 10.2 Å². The molecule has 0 bridgehead atoms. The largest absolute Gasteiger partial charge is 0.495 e. The zero-order valence-corrected chi connectivity index (χ0v) is 9.10. The first-order valence-electron chi connectivity index (χ1n) is 5.10. The highest BCUT2D eigenvalue weighted by Crippen LogP contribution is 2.22. The number of anilines is 2. The molecule has 0 aliphatic rings. The predicted molar refractivity (Wildman–Crippen MR) is 66.7 cm³/mol. The average molecular weight is 214 g/mol. The number of rotatable bonds is 4. The summed E-state index contributed by atoms with van der Waals surface area (Å²) >= 11 is 0. The lowest BCUT2D eigenvalue weighted by Gasteiger charge is -2.12. The first-order valence-corrected chi connectivity index (χ1v) is 5.10. The molecule has 82 valence electrons. The molecule has 0 aliphatic carbocycles. The first kappa shape index (κ1) is 10.4. The summed E-state index contributed by atoms with van der Waals surface area (Å²) in [4.78, 5) is 0. The van der Waals surface area contributed by atoms with Crippen molar-refractivity contribution in [3.63, 3.8) is 0 Å². The molecule has 0 saturated heterocycles. The molecule has 0 aliphatic heterocycles. The van der Waals surface area contributed by atoms with Crippen LogP contribution in [0, 0.1) is 0 Å². The molecule has 0 radical (unpaired) electrons. The van der Waals surface area contributed by atoms with Gasteiger partial charge in [-0.3, -0.25) is 5.43 Å². The van der Waals surface area contributed by atoms with E-state index in [0.717, 1.165) is 17.1 Å². The lowest BCUT2D eigenvalue weighted by atomic mass is 10.3. The smallest absolute Gasteiger partial charge is 0.143 e. The highest BCUT2D eigenvalue weighted by molar-refractivity contribution is 5.60. The fraction of sp³-hybridized carbons (Fsp3) is 0.0769. The van der Waals surface area contributed by atoms with E-state index in [2.05, 4.69) is 10.9 Å². The van der Waals surface area contributed by atoms with Gasteiger partial charge in [0.05, 0.1) is 18.5 Å². The Kier molecular flexibility index (Phi) is 3.28. The van der Waals surface area contributed by atoms with Gasteiger partial charge in [-0.25, -0.2) is 0 Å². The molecule has 0 amide bonds. The van der Waals surface area contributed by atoms with Crippen molar-refractivity contribution in [1.82, 2.24) is 0 Å². The molecule has 0 atom stereocenters. The van der Waals surface area contributed by atoms with E-state index < -0.39 is 0 Å². The Labute approximate surface area is 95.0 Å². The SMILES string of the molecule is COc1ccccc1NNc1ccccc1. The minimum Gasteiger partial charge on any atom is -0.495 e. The molecular weight excluding hydrogens is 200 g/mol. The van der Waals surface area contributed by atoms with Gasteiger partial charge in [-0.05, 0) is 24.3 Å². The maximum absolute atomic E-state index is 5.23. The van der Waals surface area contributed by atoms with Crippen molar-refractivity contribution >= 4 is 11.4 Å². The van der Waals surface area contributed by atoms with Gasteiger partial charge in [-0.1, -0.05) is 30.3 Å². The lowest BCUT2D eigenvalue weighted by molar-refractivity contribution is 0.416. The molecule has 0 spiro atoms. The molecule has 16 heavy (non-hydrogen) atoms. The summed E-state index contributed by atoms with van der Waals surface area (Å²) in [5, 5.41) is 0. The Morgan fingerprint density at radius 1 is 0.812 bits per heavy atom. The fourth-order valence-corrected chi connectivity index (χ4v) is 1.41. The van der Waals surface area contributed by atoms with Crippen LogP contribution >= 0.6 is 0 Å². The average Bonchev–Trinajstić information content (AvgIpc) is 2.38. The third-order valence-corrected chi connectivity index (χ3v) is 2.22. The molecule has 2 N–H and O–H groups in total. The summed E-state index contributed by atoms with van der Waals surface area (Å²) in [7, 11) is 1.66. The zero-order valence-electron chi connectivity index (χ0n) is 9.10. The monoisotopic (exact) mass is 214 g/mol. The topological polar surface area (TPSA) is 33.3 Å². The number of hydrogen-bond donors (Lipinski definition) is 2. The van der Waals surface area contributed by atoms with E-state index in [1.165, 1.54) is 0 Å². The van der Waals surface area contributed by atoms with Crippen LogP contribution in [0.1, 0.15) is 0 Å². The van der Waals surface area contributed by atoms with E-state index in [9.17, 15) is 0 Å². The normalized spacial score (nSPS) is 9.56. The summed E-state index contributed by atoms with van der Waals surface area (Å²) in [5.74, 6) is 0.811. The van der Waals surface area contributed by atoms with Crippen LogP contribution in [0.2, 0.25) is 0 Å². The van der Waals surface area contributed by atoms with E-state index in [4.69, 9.17) is 4.74 Å². The van der Waals surface area contributed by atoms with Crippen LogP contribution in [-0.4, -0.2) is 7.11 Å². The second-order valence-corrected chi connectivity index (χ2v) is 3.32. The van der Waals surface area contributed by atoms with Crippen LogP contribution in [0.25, 0.3) is 0 Å². The summed E-state index contributed by atoms with van der Waals surface area (Å²) in [6.07, 6.45) is 0. The van der Waals surface area contributed by atoms with E-state index in [0.29, 0.717) is 0 Å². The van der Waals surface area contributed by atoms with Crippen LogP contribution in [0.4, 0.5) is 11.4 Å². The number of nitrogens with one attached hydrogen (secondary N) is 2. The van der Waals surface area contributed by atoms with E-state index in [1.54, 1.807) is 7.11 Å². The van der Waals surface area contributed by atoms with E-state index >= 15 is 0 Å². The van der Waals surface area contributed by atoms with Crippen LogP contribution in [0.5, 0.6) is 5.75 Å². The summed E-state index contributed by atoms with van der Waals surface area (Å²) < 4.78 is 5.23. The Bertz CT molecular complexity index is 443. The fourth-order valence-electron chi connectivity index (χ4n) is 1.41. The second kappa shape index (κ2) is 5.07. The van der Waals surface area contributed by atoms with E-state index in [1.807, 2.05) is 54.6 Å². The summed E-state index contributed by atoms with van der Waals surface area (Å²) in [6.45, 7) is 0. The first-order chi connectivity index (χ1) is 7.90. The Balaban J connectivity index is 2.05. The minimum atomic E-state index is 0.811. The Hall–Kier alpha value is -2.16. The molecule has 3 nitrogen and oxygen atoms in total. The molecule has 0 saturated carbocycles. The third kappa shape index (κ3) is 2.45. The van der Waals surface area contributed by atoms with Crippen LogP contribution in [0.3, 0.4) is 0 Å². The highest BCUT2D eigenvalue weighted by atomic mass is 16.5. The number of hydrogen-bond acceptors (Lipinski definition) is 3. The third-order valence-electron chi connectivity index (χ3n) is 2.22. The van der Waals surface area contributed by atoms with Crippen molar-refractivity contribution in [1.29, 1.82) is 0 Å². The number of ether oxygens (including phenoxy) is 1. The number of benzene rings is 2. The van der Waals surface area contributed by atoms with E-state index in [-0.39, 0.29) is 0 Å². The molecule has 2 aromatic rings. The number of methoxy groups -OCH3 is 1. The van der Waals surface area contributed by atoms with Gasteiger partial charge in [-0.15, -0.1) is 0 Å². The van der Waals surface area contributed by atoms with Gasteiger partial charge in [0, 0.05) is 0 Å². The van der Waals surface area contributed by atoms with Crippen molar-refractivity contribution in [2.24, 2.45) is 0 Å². The van der Waals surface area contributed by atoms with Gasteiger partial charge in [0.2, 0.25) is 0 Å². The molecule has 0 heterocycles. The van der Waals surface area contributed by atoms with Crippen molar-refractivity contribution < 1.29 is 4.74 Å². The molecule has 0 aromatic heterocycles.